The van der Waals surface area contributed by atoms with E-state index in [0.29, 0.717) is 0 Å². The monoisotopic (exact) mass is 303 g/mol. The maximum Gasteiger partial charge on any atom is 0.193 e. The first-order chi connectivity index (χ1) is 10.7. The Labute approximate surface area is 134 Å². The minimum Gasteiger partial charge on any atom is -0.497 e. The summed E-state index contributed by atoms with van der Waals surface area (Å²) < 4.78 is 5.19. The number of likely N-dealkylation sites (tertiary alicyclic amines) is 1. The van der Waals surface area contributed by atoms with Gasteiger partial charge in [-0.2, -0.15) is 0 Å². The van der Waals surface area contributed by atoms with Gasteiger partial charge in [-0.25, -0.2) is 0 Å². The van der Waals surface area contributed by atoms with Gasteiger partial charge in [0.05, 0.1) is 7.11 Å². The van der Waals surface area contributed by atoms with Crippen LogP contribution in [-0.4, -0.2) is 44.1 Å². The van der Waals surface area contributed by atoms with Crippen molar-refractivity contribution in [3.05, 3.63) is 29.8 Å². The lowest BCUT2D eigenvalue weighted by Crippen LogP contribution is -2.46. The fourth-order valence-electron chi connectivity index (χ4n) is 2.89. The Bertz CT molecular complexity index is 470. The second-order valence-corrected chi connectivity index (χ2v) is 6.03. The number of rotatable bonds is 5. The second-order valence-electron chi connectivity index (χ2n) is 6.03. The van der Waals surface area contributed by atoms with E-state index in [4.69, 9.17) is 9.73 Å². The first kappa shape index (κ1) is 16.7. The van der Waals surface area contributed by atoms with Crippen LogP contribution in [0.25, 0.3) is 0 Å². The molecule has 0 spiro atoms. The molecule has 4 heteroatoms. The number of hydrogen-bond acceptors (Lipinski definition) is 2. The lowest BCUT2D eigenvalue weighted by Gasteiger charge is -2.33. The van der Waals surface area contributed by atoms with Crippen LogP contribution >= 0.6 is 0 Å². The summed E-state index contributed by atoms with van der Waals surface area (Å²) >= 11 is 0. The topological polar surface area (TPSA) is 36.9 Å². The smallest absolute Gasteiger partial charge is 0.193 e. The third kappa shape index (κ3) is 4.93. The van der Waals surface area contributed by atoms with Gasteiger partial charge in [-0.3, -0.25) is 4.99 Å². The number of aliphatic imine (C=N–C) groups is 1. The first-order valence-corrected chi connectivity index (χ1v) is 8.39. The van der Waals surface area contributed by atoms with E-state index in [-0.39, 0.29) is 0 Å². The van der Waals surface area contributed by atoms with Crippen LogP contribution in [0.3, 0.4) is 0 Å². The van der Waals surface area contributed by atoms with Crippen molar-refractivity contribution >= 4 is 5.96 Å². The molecule has 0 saturated carbocycles. The zero-order chi connectivity index (χ0) is 15.8. The molecule has 0 amide bonds. The normalized spacial score (nSPS) is 19.1. The molecule has 0 bridgehead atoms. The Morgan fingerprint density at radius 2 is 2.14 bits per heavy atom. The summed E-state index contributed by atoms with van der Waals surface area (Å²) in [6, 6.07) is 8.25. The molecule has 122 valence electrons. The van der Waals surface area contributed by atoms with Crippen LogP contribution in [-0.2, 0) is 6.42 Å². The van der Waals surface area contributed by atoms with Crippen molar-refractivity contribution in [3.8, 4) is 5.75 Å². The highest BCUT2D eigenvalue weighted by molar-refractivity contribution is 5.80. The summed E-state index contributed by atoms with van der Waals surface area (Å²) in [5, 5.41) is 3.43. The van der Waals surface area contributed by atoms with Crippen LogP contribution in [0.1, 0.15) is 32.3 Å². The molecule has 1 atom stereocenters. The molecule has 1 saturated heterocycles. The highest BCUT2D eigenvalue weighted by Gasteiger charge is 2.18. The quantitative estimate of drug-likeness (QED) is 0.671. The highest BCUT2D eigenvalue weighted by Crippen LogP contribution is 2.15. The molecule has 1 heterocycles. The number of guanidine groups is 1. The van der Waals surface area contributed by atoms with E-state index in [1.165, 1.54) is 18.4 Å². The van der Waals surface area contributed by atoms with Gasteiger partial charge in [0, 0.05) is 26.2 Å². The van der Waals surface area contributed by atoms with E-state index < -0.39 is 0 Å². The van der Waals surface area contributed by atoms with E-state index in [9.17, 15) is 0 Å². The summed E-state index contributed by atoms with van der Waals surface area (Å²) in [7, 11) is 1.70. The molecule has 22 heavy (non-hydrogen) atoms. The molecule has 0 radical (unpaired) electrons. The fraction of sp³-hybridized carbons (Fsp3) is 0.611. The van der Waals surface area contributed by atoms with Crippen molar-refractivity contribution in [3.63, 3.8) is 0 Å². The average Bonchev–Trinajstić information content (AvgIpc) is 2.54. The largest absolute Gasteiger partial charge is 0.497 e. The fourth-order valence-corrected chi connectivity index (χ4v) is 2.89. The molecular formula is C18H29N3O. The summed E-state index contributed by atoms with van der Waals surface area (Å²) in [6.07, 6.45) is 3.56. The third-order valence-corrected chi connectivity index (χ3v) is 4.11. The van der Waals surface area contributed by atoms with Crippen LogP contribution in [0.5, 0.6) is 5.75 Å². The Morgan fingerprint density at radius 3 is 2.77 bits per heavy atom. The van der Waals surface area contributed by atoms with Crippen LogP contribution < -0.4 is 10.1 Å². The van der Waals surface area contributed by atoms with Gasteiger partial charge in [-0.1, -0.05) is 19.1 Å². The van der Waals surface area contributed by atoms with Gasteiger partial charge < -0.3 is 15.0 Å². The molecule has 1 aromatic rings. The zero-order valence-corrected chi connectivity index (χ0v) is 14.1. The Hall–Kier alpha value is -1.71. The second kappa shape index (κ2) is 8.66. The molecule has 2 rings (SSSR count). The van der Waals surface area contributed by atoms with Crippen molar-refractivity contribution in [1.29, 1.82) is 0 Å². The molecule has 1 N–H and O–H groups in total. The SMILES string of the molecule is CCNC(=NCCc1ccc(OC)cc1)N1CCCC(C)C1. The maximum atomic E-state index is 5.19. The standard InChI is InChI=1S/C18H29N3O/c1-4-19-18(21-13-5-6-15(2)14-21)20-12-11-16-7-9-17(22-3)10-8-16/h7-10,15H,4-6,11-14H2,1-3H3,(H,19,20). The van der Waals surface area contributed by atoms with E-state index in [2.05, 4.69) is 36.2 Å². The summed E-state index contributed by atoms with van der Waals surface area (Å²) in [6.45, 7) is 8.44. The van der Waals surface area contributed by atoms with Gasteiger partial charge in [-0.05, 0) is 49.8 Å². The predicted molar refractivity (Wildman–Crippen MR) is 92.6 cm³/mol. The van der Waals surface area contributed by atoms with Gasteiger partial charge in [0.1, 0.15) is 5.75 Å². The highest BCUT2D eigenvalue weighted by atomic mass is 16.5. The predicted octanol–water partition coefficient (Wildman–Crippen LogP) is 2.94. The van der Waals surface area contributed by atoms with Gasteiger partial charge in [0.25, 0.3) is 0 Å². The molecule has 1 aliphatic heterocycles. The molecule has 1 aliphatic rings. The van der Waals surface area contributed by atoms with Crippen LogP contribution in [0.4, 0.5) is 0 Å². The number of nitrogens with one attached hydrogen (secondary N) is 1. The van der Waals surface area contributed by atoms with E-state index >= 15 is 0 Å². The van der Waals surface area contributed by atoms with E-state index in [1.54, 1.807) is 7.11 Å². The van der Waals surface area contributed by atoms with E-state index in [1.807, 2.05) is 12.1 Å². The number of methoxy groups -OCH3 is 1. The van der Waals surface area contributed by atoms with Gasteiger partial charge in [-0.15, -0.1) is 0 Å². The van der Waals surface area contributed by atoms with Gasteiger partial charge in [0.2, 0.25) is 0 Å². The molecular weight excluding hydrogens is 274 g/mol. The van der Waals surface area contributed by atoms with Crippen molar-refractivity contribution in [2.75, 3.05) is 33.3 Å². The average molecular weight is 303 g/mol. The Morgan fingerprint density at radius 1 is 1.36 bits per heavy atom. The first-order valence-electron chi connectivity index (χ1n) is 8.39. The number of benzene rings is 1. The summed E-state index contributed by atoms with van der Waals surface area (Å²) in [4.78, 5) is 7.22. The Balaban J connectivity index is 1.91. The lowest BCUT2D eigenvalue weighted by molar-refractivity contribution is 0.266. The molecule has 1 unspecified atom stereocenters. The molecule has 0 aromatic heterocycles. The van der Waals surface area contributed by atoms with Crippen LogP contribution in [0.15, 0.2) is 29.3 Å². The lowest BCUT2D eigenvalue weighted by atomic mass is 10.0. The van der Waals surface area contributed by atoms with Crippen molar-refractivity contribution in [1.82, 2.24) is 10.2 Å². The number of nitrogens with zero attached hydrogens (tertiary/aromatic N) is 2. The zero-order valence-electron chi connectivity index (χ0n) is 14.1. The van der Waals surface area contributed by atoms with Crippen LogP contribution in [0.2, 0.25) is 0 Å². The van der Waals surface area contributed by atoms with Crippen molar-refractivity contribution in [2.24, 2.45) is 10.9 Å². The maximum absolute atomic E-state index is 5.19. The molecule has 1 fully saturated rings. The minimum atomic E-state index is 0.763. The number of hydrogen-bond donors (Lipinski definition) is 1. The molecule has 0 aliphatic carbocycles. The number of piperidine rings is 1. The molecule has 1 aromatic carbocycles. The summed E-state index contributed by atoms with van der Waals surface area (Å²) in [5.74, 6) is 2.74. The minimum absolute atomic E-state index is 0.763. The number of ether oxygens (including phenoxy) is 1. The van der Waals surface area contributed by atoms with Gasteiger partial charge in [0.15, 0.2) is 5.96 Å². The Kier molecular flexibility index (Phi) is 6.56. The molecule has 4 nitrogen and oxygen atoms in total. The summed E-state index contributed by atoms with van der Waals surface area (Å²) in [5.41, 5.74) is 1.30. The van der Waals surface area contributed by atoms with Crippen molar-refractivity contribution in [2.45, 2.75) is 33.1 Å². The van der Waals surface area contributed by atoms with Crippen LogP contribution in [0, 0.1) is 5.92 Å². The van der Waals surface area contributed by atoms with E-state index in [0.717, 1.165) is 50.2 Å². The van der Waals surface area contributed by atoms with Gasteiger partial charge >= 0.3 is 0 Å². The third-order valence-electron chi connectivity index (χ3n) is 4.11. The van der Waals surface area contributed by atoms with Crippen molar-refractivity contribution < 1.29 is 4.74 Å².